The Labute approximate surface area is 164 Å². The molecule has 2 aliphatic heterocycles. The number of fused-ring (bicyclic) bond motifs is 1. The van der Waals surface area contributed by atoms with Gasteiger partial charge in [-0.05, 0) is 30.7 Å². The lowest BCUT2D eigenvalue weighted by molar-refractivity contribution is -0.121. The zero-order chi connectivity index (χ0) is 18.9. The van der Waals surface area contributed by atoms with E-state index < -0.39 is 0 Å². The Morgan fingerprint density at radius 1 is 0.893 bits per heavy atom. The maximum absolute atomic E-state index is 13.0. The molecule has 1 atom stereocenters. The molecule has 0 bridgehead atoms. The maximum Gasteiger partial charge on any atom is 0.244 e. The molecule has 0 N–H and O–H groups in total. The predicted octanol–water partition coefficient (Wildman–Crippen LogP) is 2.56. The summed E-state index contributed by atoms with van der Waals surface area (Å²) in [7, 11) is 0. The van der Waals surface area contributed by atoms with Crippen LogP contribution in [-0.2, 0) is 4.79 Å². The summed E-state index contributed by atoms with van der Waals surface area (Å²) in [4.78, 5) is 28.4. The Morgan fingerprint density at radius 3 is 2.54 bits per heavy atom. The number of rotatable bonds is 3. The van der Waals surface area contributed by atoms with Gasteiger partial charge >= 0.3 is 0 Å². The van der Waals surface area contributed by atoms with Crippen LogP contribution in [0.1, 0.15) is 6.42 Å². The van der Waals surface area contributed by atoms with Crippen LogP contribution >= 0.6 is 0 Å². The van der Waals surface area contributed by atoms with Crippen LogP contribution < -0.4 is 9.80 Å². The van der Waals surface area contributed by atoms with Crippen molar-refractivity contribution in [3.05, 3.63) is 61.1 Å². The van der Waals surface area contributed by atoms with E-state index in [-0.39, 0.29) is 11.9 Å². The van der Waals surface area contributed by atoms with Crippen LogP contribution in [0.5, 0.6) is 0 Å². The number of aromatic nitrogens is 2. The van der Waals surface area contributed by atoms with Crippen molar-refractivity contribution in [3.63, 3.8) is 0 Å². The SMILES string of the molecule is O=C1C(N2CCN(c3ccnc4ccncc34)CC2)CCN1c1ccccc1. The fraction of sp³-hybridized carbons (Fsp3) is 0.318. The van der Waals surface area contributed by atoms with E-state index in [1.54, 1.807) is 6.20 Å². The van der Waals surface area contributed by atoms with Gasteiger partial charge in [0.1, 0.15) is 0 Å². The molecule has 0 spiro atoms. The number of carbonyl (C=O) groups excluding carboxylic acids is 1. The fourth-order valence-electron chi connectivity index (χ4n) is 4.39. The van der Waals surface area contributed by atoms with Gasteiger partial charge in [-0.25, -0.2) is 0 Å². The van der Waals surface area contributed by atoms with Crippen LogP contribution in [0.4, 0.5) is 11.4 Å². The summed E-state index contributed by atoms with van der Waals surface area (Å²) in [5, 5.41) is 1.09. The molecule has 0 radical (unpaired) electrons. The zero-order valence-corrected chi connectivity index (χ0v) is 15.7. The number of hydrogen-bond donors (Lipinski definition) is 0. The molecule has 1 aromatic carbocycles. The minimum atomic E-state index is -0.00166. The topological polar surface area (TPSA) is 52.6 Å². The number of para-hydroxylation sites is 1. The quantitative estimate of drug-likeness (QED) is 0.706. The van der Waals surface area contributed by atoms with Crippen molar-refractivity contribution >= 4 is 28.2 Å². The maximum atomic E-state index is 13.0. The number of hydrogen-bond acceptors (Lipinski definition) is 5. The van der Waals surface area contributed by atoms with Crippen LogP contribution in [-0.4, -0.2) is 59.5 Å². The molecule has 5 rings (SSSR count). The molecule has 6 nitrogen and oxygen atoms in total. The number of amides is 1. The van der Waals surface area contributed by atoms with E-state index in [4.69, 9.17) is 0 Å². The van der Waals surface area contributed by atoms with Gasteiger partial charge in [-0.2, -0.15) is 0 Å². The Balaban J connectivity index is 1.28. The average molecular weight is 373 g/mol. The van der Waals surface area contributed by atoms with Crippen molar-refractivity contribution in [1.82, 2.24) is 14.9 Å². The number of pyridine rings is 2. The number of benzene rings is 1. The second-order valence-electron chi connectivity index (χ2n) is 7.38. The van der Waals surface area contributed by atoms with Crippen LogP contribution in [0, 0.1) is 0 Å². The normalized spacial score (nSPS) is 20.9. The molecule has 1 unspecified atom stereocenters. The molecule has 0 saturated carbocycles. The molecule has 0 aliphatic carbocycles. The number of anilines is 2. The van der Waals surface area contributed by atoms with Gasteiger partial charge in [0, 0.05) is 68.1 Å². The summed E-state index contributed by atoms with van der Waals surface area (Å²) in [6.07, 6.45) is 6.43. The summed E-state index contributed by atoms with van der Waals surface area (Å²) in [6.45, 7) is 4.40. The first-order valence-corrected chi connectivity index (χ1v) is 9.85. The number of carbonyl (C=O) groups is 1. The molecular formula is C22H23N5O. The predicted molar refractivity (Wildman–Crippen MR) is 111 cm³/mol. The van der Waals surface area contributed by atoms with Gasteiger partial charge in [-0.1, -0.05) is 18.2 Å². The van der Waals surface area contributed by atoms with Gasteiger partial charge in [0.05, 0.1) is 11.6 Å². The average Bonchev–Trinajstić information content (AvgIpc) is 3.15. The lowest BCUT2D eigenvalue weighted by Gasteiger charge is -2.38. The van der Waals surface area contributed by atoms with E-state index in [0.29, 0.717) is 0 Å². The van der Waals surface area contributed by atoms with E-state index in [9.17, 15) is 4.79 Å². The van der Waals surface area contributed by atoms with Crippen molar-refractivity contribution in [2.24, 2.45) is 0 Å². The van der Waals surface area contributed by atoms with Crippen molar-refractivity contribution in [2.45, 2.75) is 12.5 Å². The molecule has 1 amide bonds. The molecule has 4 heterocycles. The van der Waals surface area contributed by atoms with Crippen LogP contribution in [0.2, 0.25) is 0 Å². The first kappa shape index (κ1) is 17.1. The highest BCUT2D eigenvalue weighted by Gasteiger charge is 2.37. The highest BCUT2D eigenvalue weighted by atomic mass is 16.2. The molecule has 142 valence electrons. The van der Waals surface area contributed by atoms with Crippen molar-refractivity contribution in [3.8, 4) is 0 Å². The first-order chi connectivity index (χ1) is 13.8. The highest BCUT2D eigenvalue weighted by molar-refractivity contribution is 5.99. The van der Waals surface area contributed by atoms with Crippen LogP contribution in [0.15, 0.2) is 61.1 Å². The molecule has 2 saturated heterocycles. The van der Waals surface area contributed by atoms with Gasteiger partial charge in [-0.15, -0.1) is 0 Å². The van der Waals surface area contributed by atoms with E-state index in [2.05, 4.69) is 25.8 Å². The van der Waals surface area contributed by atoms with Crippen LogP contribution in [0.25, 0.3) is 10.9 Å². The Hall–Kier alpha value is -2.99. The summed E-state index contributed by atoms with van der Waals surface area (Å²) in [6, 6.07) is 14.0. The summed E-state index contributed by atoms with van der Waals surface area (Å²) < 4.78 is 0. The van der Waals surface area contributed by atoms with Gasteiger partial charge in [-0.3, -0.25) is 19.7 Å². The Morgan fingerprint density at radius 2 is 1.71 bits per heavy atom. The highest BCUT2D eigenvalue weighted by Crippen LogP contribution is 2.28. The molecule has 28 heavy (non-hydrogen) atoms. The largest absolute Gasteiger partial charge is 0.368 e. The molecule has 6 heteroatoms. The second kappa shape index (κ2) is 7.20. The molecule has 2 fully saturated rings. The lowest BCUT2D eigenvalue weighted by atomic mass is 10.1. The molecule has 2 aromatic heterocycles. The van der Waals surface area contributed by atoms with E-state index >= 15 is 0 Å². The van der Waals surface area contributed by atoms with E-state index in [1.165, 1.54) is 5.69 Å². The third-order valence-electron chi connectivity index (χ3n) is 5.86. The number of piperazine rings is 1. The van der Waals surface area contributed by atoms with Crippen molar-refractivity contribution in [2.75, 3.05) is 42.5 Å². The summed E-state index contributed by atoms with van der Waals surface area (Å²) in [5.74, 6) is 0.234. The molecule has 2 aliphatic rings. The van der Waals surface area contributed by atoms with Crippen molar-refractivity contribution in [1.29, 1.82) is 0 Å². The third kappa shape index (κ3) is 2.99. The summed E-state index contributed by atoms with van der Waals surface area (Å²) in [5.41, 5.74) is 3.16. The monoisotopic (exact) mass is 373 g/mol. The van der Waals surface area contributed by atoms with E-state index in [0.717, 1.165) is 55.7 Å². The van der Waals surface area contributed by atoms with Gasteiger partial charge in [0.2, 0.25) is 5.91 Å². The van der Waals surface area contributed by atoms with Gasteiger partial charge in [0.25, 0.3) is 0 Å². The number of nitrogens with zero attached hydrogens (tertiary/aromatic N) is 5. The summed E-state index contributed by atoms with van der Waals surface area (Å²) >= 11 is 0. The smallest absolute Gasteiger partial charge is 0.244 e. The zero-order valence-electron chi connectivity index (χ0n) is 15.7. The minimum absolute atomic E-state index is 0.00166. The van der Waals surface area contributed by atoms with Crippen molar-refractivity contribution < 1.29 is 4.79 Å². The first-order valence-electron chi connectivity index (χ1n) is 9.85. The fourth-order valence-corrected chi connectivity index (χ4v) is 4.39. The lowest BCUT2D eigenvalue weighted by Crippen LogP contribution is -2.52. The minimum Gasteiger partial charge on any atom is -0.368 e. The van der Waals surface area contributed by atoms with Gasteiger partial charge in [0.15, 0.2) is 0 Å². The molecule has 3 aromatic rings. The van der Waals surface area contributed by atoms with Gasteiger partial charge < -0.3 is 9.80 Å². The molecular weight excluding hydrogens is 350 g/mol. The Bertz CT molecular complexity index is 979. The second-order valence-corrected chi connectivity index (χ2v) is 7.38. The van der Waals surface area contributed by atoms with Crippen LogP contribution in [0.3, 0.4) is 0 Å². The van der Waals surface area contributed by atoms with E-state index in [1.807, 2.05) is 53.7 Å². The third-order valence-corrected chi connectivity index (χ3v) is 5.86. The Kier molecular flexibility index (Phi) is 4.41. The standard InChI is InChI=1S/C22H23N5O/c28-22-21(8-11-27(22)17-4-2-1-3-5-17)26-14-12-25(13-15-26)20-7-10-24-19-6-9-23-16-18(19)20/h1-7,9-10,16,21H,8,11-15H2.